The fraction of sp³-hybridized carbons (Fsp3) is 0.650. The van der Waals surface area contributed by atoms with E-state index in [1.807, 2.05) is 14.0 Å². The molecular weight excluding hydrogens is 348 g/mol. The van der Waals surface area contributed by atoms with Crippen LogP contribution in [0, 0.1) is 12.8 Å². The highest BCUT2D eigenvalue weighted by molar-refractivity contribution is 7.89. The lowest BCUT2D eigenvalue weighted by molar-refractivity contribution is 0.0734. The smallest absolute Gasteiger partial charge is 0.254 e. The van der Waals surface area contributed by atoms with Crippen molar-refractivity contribution in [3.63, 3.8) is 0 Å². The summed E-state index contributed by atoms with van der Waals surface area (Å²) in [4.78, 5) is 15.0. The van der Waals surface area contributed by atoms with E-state index in [1.54, 1.807) is 27.4 Å². The van der Waals surface area contributed by atoms with Gasteiger partial charge in [0.05, 0.1) is 4.90 Å². The summed E-state index contributed by atoms with van der Waals surface area (Å²) in [6.45, 7) is 5.14. The summed E-state index contributed by atoms with van der Waals surface area (Å²) >= 11 is 0. The van der Waals surface area contributed by atoms with Crippen molar-refractivity contribution in [3.8, 4) is 0 Å². The van der Waals surface area contributed by atoms with Crippen LogP contribution in [0.4, 0.5) is 0 Å². The molecule has 0 spiro atoms. The summed E-state index contributed by atoms with van der Waals surface area (Å²) in [6.07, 6.45) is 6.16. The summed E-state index contributed by atoms with van der Waals surface area (Å²) in [5.41, 5.74) is 1.33. The molecule has 5 nitrogen and oxygen atoms in total. The molecule has 1 heterocycles. The van der Waals surface area contributed by atoms with Crippen LogP contribution in [0.3, 0.4) is 0 Å². The Hall–Kier alpha value is -1.40. The third-order valence-corrected chi connectivity index (χ3v) is 7.91. The number of hydrogen-bond donors (Lipinski definition) is 0. The number of benzene rings is 1. The zero-order valence-corrected chi connectivity index (χ0v) is 16.9. The van der Waals surface area contributed by atoms with Gasteiger partial charge in [0.2, 0.25) is 10.0 Å². The molecule has 26 heavy (non-hydrogen) atoms. The van der Waals surface area contributed by atoms with Gasteiger partial charge in [0.15, 0.2) is 0 Å². The lowest BCUT2D eigenvalue weighted by Gasteiger charge is -2.30. The van der Waals surface area contributed by atoms with Crippen molar-refractivity contribution < 1.29 is 13.2 Å². The van der Waals surface area contributed by atoms with Gasteiger partial charge >= 0.3 is 0 Å². The summed E-state index contributed by atoms with van der Waals surface area (Å²) in [6, 6.07) is 5.24. The molecule has 0 aromatic heterocycles. The molecule has 0 unspecified atom stereocenters. The van der Waals surface area contributed by atoms with Crippen LogP contribution < -0.4 is 0 Å². The molecule has 0 bridgehead atoms. The highest BCUT2D eigenvalue weighted by Crippen LogP contribution is 2.27. The zero-order valence-electron chi connectivity index (χ0n) is 16.1. The number of aryl methyl sites for hydroxylation is 1. The Bertz CT molecular complexity index is 761. The maximum absolute atomic E-state index is 13.0. The molecule has 1 saturated carbocycles. The van der Waals surface area contributed by atoms with Crippen LogP contribution in [0.25, 0.3) is 0 Å². The number of carbonyl (C=O) groups excluding carboxylic acids is 1. The first-order chi connectivity index (χ1) is 12.3. The predicted molar refractivity (Wildman–Crippen MR) is 103 cm³/mol. The molecule has 2 fully saturated rings. The van der Waals surface area contributed by atoms with Crippen LogP contribution in [-0.4, -0.2) is 49.7 Å². The normalized spacial score (nSPS) is 20.4. The van der Waals surface area contributed by atoms with Crippen LogP contribution in [0.5, 0.6) is 0 Å². The number of amides is 1. The molecular formula is C20H30N2O3S. The van der Waals surface area contributed by atoms with Gasteiger partial charge in [0.25, 0.3) is 5.91 Å². The van der Waals surface area contributed by atoms with Crippen LogP contribution in [0.15, 0.2) is 23.1 Å². The molecule has 3 rings (SSSR count). The fourth-order valence-corrected chi connectivity index (χ4v) is 5.51. The third kappa shape index (κ3) is 3.81. The molecule has 1 aliphatic heterocycles. The third-order valence-electron chi connectivity index (χ3n) is 6.01. The predicted octanol–water partition coefficient (Wildman–Crippen LogP) is 3.43. The Morgan fingerprint density at radius 1 is 1.12 bits per heavy atom. The van der Waals surface area contributed by atoms with Crippen LogP contribution in [0.1, 0.15) is 61.4 Å². The number of sulfonamides is 1. The topological polar surface area (TPSA) is 57.7 Å². The van der Waals surface area contributed by atoms with Gasteiger partial charge < -0.3 is 4.90 Å². The van der Waals surface area contributed by atoms with Crippen molar-refractivity contribution in [1.29, 1.82) is 0 Å². The molecule has 1 aliphatic carbocycles. The number of piperidine rings is 1. The zero-order chi connectivity index (χ0) is 18.9. The lowest BCUT2D eigenvalue weighted by Crippen LogP contribution is -2.38. The second-order valence-corrected chi connectivity index (χ2v) is 9.86. The standard InChI is InChI=1S/C20H30N2O3S/c1-15-10-12-22(13-11-15)26(24,25)18-9-8-16(2)19(14-18)20(23)21(3)17-6-4-5-7-17/h8-9,14-15,17H,4-7,10-13H2,1-3H3. The first-order valence-electron chi connectivity index (χ1n) is 9.68. The molecule has 6 heteroatoms. The van der Waals surface area contributed by atoms with Gasteiger partial charge in [-0.25, -0.2) is 8.42 Å². The molecule has 0 atom stereocenters. The van der Waals surface area contributed by atoms with E-state index in [0.717, 1.165) is 44.1 Å². The molecule has 0 N–H and O–H groups in total. The average Bonchev–Trinajstić information content (AvgIpc) is 3.15. The molecule has 1 aromatic carbocycles. The van der Waals surface area contributed by atoms with Crippen LogP contribution >= 0.6 is 0 Å². The van der Waals surface area contributed by atoms with Crippen LogP contribution in [0.2, 0.25) is 0 Å². The van der Waals surface area contributed by atoms with Gasteiger partial charge in [-0.05, 0) is 56.2 Å². The first kappa shape index (κ1) is 19.4. The van der Waals surface area contributed by atoms with Crippen molar-refractivity contribution in [2.24, 2.45) is 5.92 Å². The van der Waals surface area contributed by atoms with Crippen molar-refractivity contribution in [2.75, 3.05) is 20.1 Å². The Balaban J connectivity index is 1.86. The average molecular weight is 379 g/mol. The van der Waals surface area contributed by atoms with E-state index in [0.29, 0.717) is 24.6 Å². The highest BCUT2D eigenvalue weighted by Gasteiger charge is 2.30. The van der Waals surface area contributed by atoms with Gasteiger partial charge in [-0.2, -0.15) is 4.31 Å². The summed E-state index contributed by atoms with van der Waals surface area (Å²) in [5.74, 6) is 0.496. The largest absolute Gasteiger partial charge is 0.339 e. The van der Waals surface area contributed by atoms with Gasteiger partial charge in [-0.3, -0.25) is 4.79 Å². The van der Waals surface area contributed by atoms with E-state index in [1.165, 1.54) is 0 Å². The maximum atomic E-state index is 13.0. The number of nitrogens with zero attached hydrogens (tertiary/aromatic N) is 2. The minimum Gasteiger partial charge on any atom is -0.339 e. The monoisotopic (exact) mass is 378 g/mol. The molecule has 0 radical (unpaired) electrons. The van der Waals surface area contributed by atoms with Gasteiger partial charge in [0.1, 0.15) is 0 Å². The van der Waals surface area contributed by atoms with Crippen molar-refractivity contribution in [3.05, 3.63) is 29.3 Å². The minimum atomic E-state index is -3.54. The van der Waals surface area contributed by atoms with E-state index in [2.05, 4.69) is 6.92 Å². The van der Waals surface area contributed by atoms with Crippen molar-refractivity contribution in [2.45, 2.75) is 63.3 Å². The number of rotatable bonds is 4. The quantitative estimate of drug-likeness (QED) is 0.806. The van der Waals surface area contributed by atoms with Crippen molar-refractivity contribution >= 4 is 15.9 Å². The minimum absolute atomic E-state index is 0.0706. The summed E-state index contributed by atoms with van der Waals surface area (Å²) in [5, 5.41) is 0. The Morgan fingerprint density at radius 3 is 2.35 bits per heavy atom. The van der Waals surface area contributed by atoms with Gasteiger partial charge in [0, 0.05) is 31.7 Å². The Kier molecular flexibility index (Phi) is 5.72. The van der Waals surface area contributed by atoms with Gasteiger partial charge in [-0.1, -0.05) is 25.8 Å². The number of hydrogen-bond acceptors (Lipinski definition) is 3. The highest BCUT2D eigenvalue weighted by atomic mass is 32.2. The SMILES string of the molecule is Cc1ccc(S(=O)(=O)N2CCC(C)CC2)cc1C(=O)N(C)C1CCCC1. The fourth-order valence-electron chi connectivity index (χ4n) is 4.01. The first-order valence-corrected chi connectivity index (χ1v) is 11.1. The second-order valence-electron chi connectivity index (χ2n) is 7.92. The van der Waals surface area contributed by atoms with E-state index in [-0.39, 0.29) is 16.8 Å². The molecule has 1 aromatic rings. The summed E-state index contributed by atoms with van der Waals surface area (Å²) < 4.78 is 27.6. The Morgan fingerprint density at radius 2 is 1.73 bits per heavy atom. The molecule has 144 valence electrons. The summed E-state index contributed by atoms with van der Waals surface area (Å²) in [7, 11) is -1.70. The van der Waals surface area contributed by atoms with Crippen molar-refractivity contribution in [1.82, 2.24) is 9.21 Å². The van der Waals surface area contributed by atoms with Crippen LogP contribution in [-0.2, 0) is 10.0 Å². The number of carbonyl (C=O) groups is 1. The van der Waals surface area contributed by atoms with E-state index >= 15 is 0 Å². The second kappa shape index (κ2) is 7.69. The van der Waals surface area contributed by atoms with E-state index in [9.17, 15) is 13.2 Å². The van der Waals surface area contributed by atoms with Gasteiger partial charge in [-0.15, -0.1) is 0 Å². The Labute approximate surface area is 157 Å². The maximum Gasteiger partial charge on any atom is 0.254 e. The van der Waals surface area contributed by atoms with E-state index in [4.69, 9.17) is 0 Å². The van der Waals surface area contributed by atoms with E-state index < -0.39 is 10.0 Å². The lowest BCUT2D eigenvalue weighted by atomic mass is 10.0. The molecule has 1 amide bonds. The molecule has 1 saturated heterocycles. The molecule has 2 aliphatic rings.